The zero-order valence-corrected chi connectivity index (χ0v) is 12.2. The lowest BCUT2D eigenvalue weighted by molar-refractivity contribution is 0.303. The molecule has 0 fully saturated rings. The first-order valence-electron chi connectivity index (χ1n) is 6.50. The monoisotopic (exact) mass is 288 g/mol. The van der Waals surface area contributed by atoms with E-state index in [1.807, 2.05) is 0 Å². The van der Waals surface area contributed by atoms with Crippen molar-refractivity contribution in [3.8, 4) is 0 Å². The highest BCUT2D eigenvalue weighted by atomic mass is 35.5. The van der Waals surface area contributed by atoms with Crippen molar-refractivity contribution in [1.29, 1.82) is 0 Å². The molecule has 0 radical (unpaired) electrons. The van der Waals surface area contributed by atoms with E-state index in [4.69, 9.17) is 23.1 Å². The van der Waals surface area contributed by atoms with E-state index in [1.165, 1.54) is 6.07 Å². The number of benzene rings is 1. The summed E-state index contributed by atoms with van der Waals surface area (Å²) in [5, 5.41) is 2.90. The minimum atomic E-state index is -0.581. The Hall–Kier alpha value is -1.20. The Morgan fingerprint density at radius 3 is 2.47 bits per heavy atom. The number of hydrogen-bond donors (Lipinski definition) is 3. The fourth-order valence-corrected chi connectivity index (χ4v) is 2.05. The summed E-state index contributed by atoms with van der Waals surface area (Å²) in [5.74, 6) is -0.581. The second-order valence-electron chi connectivity index (χ2n) is 4.37. The Morgan fingerprint density at radius 1 is 1.26 bits per heavy atom. The summed E-state index contributed by atoms with van der Waals surface area (Å²) in [6, 6.07) is 1.47. The predicted molar refractivity (Wildman–Crippen MR) is 81.1 cm³/mol. The average Bonchev–Trinajstić information content (AvgIpc) is 2.39. The van der Waals surface area contributed by atoms with Crippen LogP contribution >= 0.6 is 11.6 Å². The summed E-state index contributed by atoms with van der Waals surface area (Å²) in [7, 11) is 0. The molecule has 4 nitrogen and oxygen atoms in total. The molecule has 0 atom stereocenters. The first kappa shape index (κ1) is 15.9. The van der Waals surface area contributed by atoms with E-state index in [2.05, 4.69) is 24.1 Å². The van der Waals surface area contributed by atoms with Gasteiger partial charge < -0.3 is 21.7 Å². The van der Waals surface area contributed by atoms with Gasteiger partial charge in [0.15, 0.2) is 5.82 Å². The molecule has 0 aliphatic rings. The second kappa shape index (κ2) is 7.40. The molecule has 0 bridgehead atoms. The summed E-state index contributed by atoms with van der Waals surface area (Å²) in [5.41, 5.74) is 11.9. The number of nitrogens with two attached hydrogens (primary N) is 2. The van der Waals surface area contributed by atoms with Crippen LogP contribution in [0, 0.1) is 5.82 Å². The van der Waals surface area contributed by atoms with Gasteiger partial charge in [-0.05, 0) is 32.1 Å². The lowest BCUT2D eigenvalue weighted by Crippen LogP contribution is -2.25. The van der Waals surface area contributed by atoms with Crippen LogP contribution < -0.4 is 16.8 Å². The molecular formula is C13H22ClFN4. The number of nitrogens with one attached hydrogen (secondary N) is 1. The van der Waals surface area contributed by atoms with Crippen LogP contribution in [0.5, 0.6) is 0 Å². The summed E-state index contributed by atoms with van der Waals surface area (Å²) < 4.78 is 13.9. The third kappa shape index (κ3) is 4.14. The Kier molecular flexibility index (Phi) is 6.18. The maximum atomic E-state index is 13.9. The fraction of sp³-hybridized carbons (Fsp3) is 0.538. The molecule has 0 amide bonds. The van der Waals surface area contributed by atoms with E-state index in [9.17, 15) is 4.39 Å². The Labute approximate surface area is 118 Å². The average molecular weight is 289 g/mol. The van der Waals surface area contributed by atoms with Gasteiger partial charge in [0.2, 0.25) is 0 Å². The van der Waals surface area contributed by atoms with E-state index in [-0.39, 0.29) is 22.1 Å². The zero-order valence-electron chi connectivity index (χ0n) is 11.5. The van der Waals surface area contributed by atoms with Crippen molar-refractivity contribution >= 4 is 28.7 Å². The highest BCUT2D eigenvalue weighted by Gasteiger charge is 2.13. The van der Waals surface area contributed by atoms with Gasteiger partial charge in [-0.3, -0.25) is 0 Å². The lowest BCUT2D eigenvalue weighted by atomic mass is 10.2. The maximum Gasteiger partial charge on any atom is 0.169 e. The third-order valence-electron chi connectivity index (χ3n) is 3.11. The predicted octanol–water partition coefficient (Wildman–Crippen LogP) is 2.79. The maximum absolute atomic E-state index is 13.9. The SMILES string of the molecule is CCN(CC)CCCNc1c(N)cc(N)c(Cl)c1F. The Bertz CT molecular complexity index is 422. The normalized spacial score (nSPS) is 11.0. The molecule has 0 aliphatic heterocycles. The minimum Gasteiger partial charge on any atom is -0.397 e. The molecule has 0 saturated carbocycles. The zero-order chi connectivity index (χ0) is 14.4. The summed E-state index contributed by atoms with van der Waals surface area (Å²) in [6.45, 7) is 7.87. The minimum absolute atomic E-state index is 0.0829. The number of hydrogen-bond acceptors (Lipinski definition) is 4. The quantitative estimate of drug-likeness (QED) is 0.533. The number of nitrogen functional groups attached to an aromatic ring is 2. The molecule has 0 aromatic heterocycles. The number of nitrogens with zero attached hydrogens (tertiary/aromatic N) is 1. The molecule has 0 spiro atoms. The molecule has 5 N–H and O–H groups in total. The van der Waals surface area contributed by atoms with Crippen LogP contribution in [0.2, 0.25) is 5.02 Å². The smallest absolute Gasteiger partial charge is 0.169 e. The van der Waals surface area contributed by atoms with Crippen molar-refractivity contribution in [2.24, 2.45) is 0 Å². The topological polar surface area (TPSA) is 67.3 Å². The van der Waals surface area contributed by atoms with Crippen LogP contribution in [-0.4, -0.2) is 31.1 Å². The summed E-state index contributed by atoms with van der Waals surface area (Å²) in [4.78, 5) is 2.30. The van der Waals surface area contributed by atoms with E-state index in [1.54, 1.807) is 0 Å². The molecule has 1 aromatic rings. The van der Waals surface area contributed by atoms with Gasteiger partial charge >= 0.3 is 0 Å². The van der Waals surface area contributed by atoms with Crippen molar-refractivity contribution in [3.05, 3.63) is 16.9 Å². The van der Waals surface area contributed by atoms with Gasteiger partial charge in [-0.25, -0.2) is 4.39 Å². The Morgan fingerprint density at radius 2 is 1.89 bits per heavy atom. The Balaban J connectivity index is 2.57. The molecule has 0 saturated heterocycles. The molecule has 1 aromatic carbocycles. The van der Waals surface area contributed by atoms with Gasteiger partial charge in [0, 0.05) is 6.54 Å². The van der Waals surface area contributed by atoms with Gasteiger partial charge in [0.25, 0.3) is 0 Å². The van der Waals surface area contributed by atoms with Gasteiger partial charge in [0.1, 0.15) is 5.02 Å². The highest BCUT2D eigenvalue weighted by molar-refractivity contribution is 6.33. The molecule has 0 unspecified atom stereocenters. The third-order valence-corrected chi connectivity index (χ3v) is 3.50. The van der Waals surface area contributed by atoms with Crippen LogP contribution in [0.15, 0.2) is 6.07 Å². The molecule has 108 valence electrons. The van der Waals surface area contributed by atoms with Crippen molar-refractivity contribution in [1.82, 2.24) is 4.90 Å². The first-order valence-corrected chi connectivity index (χ1v) is 6.88. The van der Waals surface area contributed by atoms with Crippen LogP contribution in [-0.2, 0) is 0 Å². The summed E-state index contributed by atoms with van der Waals surface area (Å²) in [6.07, 6.45) is 0.905. The second-order valence-corrected chi connectivity index (χ2v) is 4.74. The number of anilines is 3. The molecule has 1 rings (SSSR count). The van der Waals surface area contributed by atoms with Crippen molar-refractivity contribution < 1.29 is 4.39 Å². The fourth-order valence-electron chi connectivity index (χ4n) is 1.90. The van der Waals surface area contributed by atoms with E-state index < -0.39 is 5.82 Å². The summed E-state index contributed by atoms with van der Waals surface area (Å²) >= 11 is 5.76. The van der Waals surface area contributed by atoms with Gasteiger partial charge in [0.05, 0.1) is 17.1 Å². The number of halogens is 2. The van der Waals surface area contributed by atoms with Crippen LogP contribution in [0.3, 0.4) is 0 Å². The van der Waals surface area contributed by atoms with E-state index in [0.717, 1.165) is 26.1 Å². The van der Waals surface area contributed by atoms with E-state index in [0.29, 0.717) is 6.54 Å². The van der Waals surface area contributed by atoms with Crippen LogP contribution in [0.4, 0.5) is 21.5 Å². The van der Waals surface area contributed by atoms with Gasteiger partial charge in [-0.2, -0.15) is 0 Å². The molecule has 0 heterocycles. The van der Waals surface area contributed by atoms with Crippen molar-refractivity contribution in [2.45, 2.75) is 20.3 Å². The lowest BCUT2D eigenvalue weighted by Gasteiger charge is -2.18. The standard InChI is InChI=1S/C13H22ClFN4/c1-3-19(4-2)7-5-6-18-13-10(17)8-9(16)11(14)12(13)15/h8,18H,3-7,16-17H2,1-2H3. The van der Waals surface area contributed by atoms with Crippen LogP contribution in [0.1, 0.15) is 20.3 Å². The largest absolute Gasteiger partial charge is 0.397 e. The highest BCUT2D eigenvalue weighted by Crippen LogP contribution is 2.33. The number of rotatable bonds is 7. The molecular weight excluding hydrogens is 267 g/mol. The molecule has 19 heavy (non-hydrogen) atoms. The molecule has 0 aliphatic carbocycles. The first-order chi connectivity index (χ1) is 9.01. The van der Waals surface area contributed by atoms with Crippen molar-refractivity contribution in [2.75, 3.05) is 43.0 Å². The van der Waals surface area contributed by atoms with Gasteiger partial charge in [-0.1, -0.05) is 25.4 Å². The molecule has 6 heteroatoms. The van der Waals surface area contributed by atoms with Gasteiger partial charge in [-0.15, -0.1) is 0 Å². The van der Waals surface area contributed by atoms with Crippen LogP contribution in [0.25, 0.3) is 0 Å². The van der Waals surface area contributed by atoms with Crippen molar-refractivity contribution in [3.63, 3.8) is 0 Å². The van der Waals surface area contributed by atoms with E-state index >= 15 is 0 Å².